The molecule has 3 N–H and O–H groups in total. The molecule has 1 aromatic rings. The first kappa shape index (κ1) is 18.4. The smallest absolute Gasteiger partial charge is 0.307 e. The van der Waals surface area contributed by atoms with Crippen molar-refractivity contribution >= 4 is 23.5 Å². The first-order valence-corrected chi connectivity index (χ1v) is 9.01. The van der Waals surface area contributed by atoms with Gasteiger partial charge in [-0.25, -0.2) is 0 Å². The number of carbonyl (C=O) groups excluding carboxylic acids is 3. The molecule has 2 fully saturated rings. The van der Waals surface area contributed by atoms with E-state index in [2.05, 4.69) is 20.7 Å². The Bertz CT molecular complexity index is 681. The van der Waals surface area contributed by atoms with Gasteiger partial charge in [0.2, 0.25) is 5.91 Å². The van der Waals surface area contributed by atoms with Gasteiger partial charge in [0.25, 0.3) is 5.91 Å². The summed E-state index contributed by atoms with van der Waals surface area (Å²) in [5.74, 6) is -0.453. The summed E-state index contributed by atoms with van der Waals surface area (Å²) in [6.45, 7) is 2.20. The molecule has 7 heteroatoms. The van der Waals surface area contributed by atoms with Crippen molar-refractivity contribution in [3.05, 3.63) is 29.8 Å². The van der Waals surface area contributed by atoms with Crippen molar-refractivity contribution in [2.45, 2.75) is 25.7 Å². The van der Waals surface area contributed by atoms with Gasteiger partial charge in [0.15, 0.2) is 0 Å². The number of methoxy groups -OCH3 is 1. The van der Waals surface area contributed by atoms with Crippen molar-refractivity contribution in [1.82, 2.24) is 10.6 Å². The van der Waals surface area contributed by atoms with Crippen molar-refractivity contribution in [3.63, 3.8) is 0 Å². The van der Waals surface area contributed by atoms with Gasteiger partial charge in [0.1, 0.15) is 0 Å². The molecule has 0 radical (unpaired) electrons. The normalized spacial score (nSPS) is 20.3. The molecule has 3 rings (SSSR count). The summed E-state index contributed by atoms with van der Waals surface area (Å²) in [5, 5.41) is 8.95. The van der Waals surface area contributed by atoms with Crippen LogP contribution in [0.4, 0.5) is 5.69 Å². The van der Waals surface area contributed by atoms with E-state index in [0.717, 1.165) is 32.4 Å². The minimum Gasteiger partial charge on any atom is -0.469 e. The summed E-state index contributed by atoms with van der Waals surface area (Å²) in [6, 6.07) is 6.78. The van der Waals surface area contributed by atoms with E-state index in [4.69, 9.17) is 0 Å². The Hall–Kier alpha value is -2.41. The Labute approximate surface area is 152 Å². The molecule has 1 unspecified atom stereocenters. The van der Waals surface area contributed by atoms with Crippen LogP contribution < -0.4 is 16.0 Å². The number of esters is 1. The summed E-state index contributed by atoms with van der Waals surface area (Å²) >= 11 is 0. The van der Waals surface area contributed by atoms with E-state index < -0.39 is 0 Å². The number of piperidine rings is 1. The zero-order chi connectivity index (χ0) is 18.6. The van der Waals surface area contributed by atoms with Gasteiger partial charge in [0.05, 0.1) is 13.5 Å². The van der Waals surface area contributed by atoms with Crippen molar-refractivity contribution in [1.29, 1.82) is 0 Å². The number of hydrogen-bond donors (Lipinski definition) is 3. The van der Waals surface area contributed by atoms with Gasteiger partial charge in [0, 0.05) is 23.7 Å². The second-order valence-electron chi connectivity index (χ2n) is 7.02. The van der Waals surface area contributed by atoms with Crippen LogP contribution in [0.15, 0.2) is 24.3 Å². The lowest BCUT2D eigenvalue weighted by Crippen LogP contribution is -2.31. The molecule has 2 amide bonds. The number of amides is 2. The summed E-state index contributed by atoms with van der Waals surface area (Å²) in [4.78, 5) is 35.5. The van der Waals surface area contributed by atoms with Crippen LogP contribution in [0.3, 0.4) is 0 Å². The number of rotatable bonds is 6. The number of carbonyl (C=O) groups is 3. The molecule has 140 valence electrons. The summed E-state index contributed by atoms with van der Waals surface area (Å²) in [5.41, 5.74) is 1.38. The van der Waals surface area contributed by atoms with Crippen LogP contribution in [-0.4, -0.2) is 44.5 Å². The third-order valence-corrected chi connectivity index (χ3v) is 5.36. The Morgan fingerprint density at radius 2 is 1.88 bits per heavy atom. The van der Waals surface area contributed by atoms with Gasteiger partial charge in [-0.3, -0.25) is 14.4 Å². The molecule has 7 nitrogen and oxygen atoms in total. The first-order valence-electron chi connectivity index (χ1n) is 9.01. The first-order chi connectivity index (χ1) is 12.5. The lowest BCUT2D eigenvalue weighted by molar-refractivity contribution is -0.140. The molecule has 26 heavy (non-hydrogen) atoms. The maximum absolute atomic E-state index is 12.4. The predicted molar refractivity (Wildman–Crippen MR) is 96.7 cm³/mol. The fourth-order valence-electron chi connectivity index (χ4n) is 3.61. The zero-order valence-corrected chi connectivity index (χ0v) is 15.0. The summed E-state index contributed by atoms with van der Waals surface area (Å²) in [6.07, 6.45) is 3.24. The molecule has 1 aliphatic carbocycles. The van der Waals surface area contributed by atoms with Crippen LogP contribution in [-0.2, 0) is 14.3 Å². The van der Waals surface area contributed by atoms with E-state index in [0.29, 0.717) is 11.3 Å². The highest BCUT2D eigenvalue weighted by Crippen LogP contribution is 2.58. The minimum atomic E-state index is -0.366. The van der Waals surface area contributed by atoms with E-state index in [-0.39, 0.29) is 42.1 Å². The standard InChI is InChI=1S/C19H25N3O4/c1-26-16(23)6-9-21-17(24)13-2-4-14(5-3-13)22-18(25)15-12-19(15)7-10-20-11-8-19/h2-5,15,20H,6-12H2,1H3,(H,21,24)(H,22,25). The fourth-order valence-corrected chi connectivity index (χ4v) is 3.61. The van der Waals surface area contributed by atoms with Crippen molar-refractivity contribution in [2.75, 3.05) is 32.1 Å². The SMILES string of the molecule is COC(=O)CCNC(=O)c1ccc(NC(=O)C2CC23CCNCC3)cc1. The molecule has 1 aliphatic heterocycles. The van der Waals surface area contributed by atoms with Crippen LogP contribution >= 0.6 is 0 Å². The number of ether oxygens (including phenoxy) is 1. The van der Waals surface area contributed by atoms with Crippen molar-refractivity contribution in [2.24, 2.45) is 11.3 Å². The number of anilines is 1. The van der Waals surface area contributed by atoms with Crippen LogP contribution in [0.25, 0.3) is 0 Å². The van der Waals surface area contributed by atoms with Crippen LogP contribution in [0.2, 0.25) is 0 Å². The summed E-state index contributed by atoms with van der Waals surface area (Å²) in [7, 11) is 1.31. The molecule has 1 atom stereocenters. The highest BCUT2D eigenvalue weighted by Gasteiger charge is 2.57. The molecule has 1 heterocycles. The third kappa shape index (κ3) is 4.22. The maximum Gasteiger partial charge on any atom is 0.307 e. The van der Waals surface area contributed by atoms with Crippen molar-refractivity contribution < 1.29 is 19.1 Å². The van der Waals surface area contributed by atoms with Crippen LogP contribution in [0.5, 0.6) is 0 Å². The van der Waals surface area contributed by atoms with E-state index in [9.17, 15) is 14.4 Å². The molecule has 1 saturated carbocycles. The molecule has 1 aromatic carbocycles. The zero-order valence-electron chi connectivity index (χ0n) is 15.0. The highest BCUT2D eigenvalue weighted by atomic mass is 16.5. The van der Waals surface area contributed by atoms with E-state index in [1.165, 1.54) is 7.11 Å². The quantitative estimate of drug-likeness (QED) is 0.666. The largest absolute Gasteiger partial charge is 0.469 e. The summed E-state index contributed by atoms with van der Waals surface area (Å²) < 4.78 is 4.52. The Kier molecular flexibility index (Phi) is 5.56. The van der Waals surface area contributed by atoms with Crippen LogP contribution in [0.1, 0.15) is 36.0 Å². The van der Waals surface area contributed by atoms with Gasteiger partial charge in [-0.15, -0.1) is 0 Å². The highest BCUT2D eigenvalue weighted by molar-refractivity contribution is 5.97. The Morgan fingerprint density at radius 3 is 2.54 bits per heavy atom. The van der Waals surface area contributed by atoms with Gasteiger partial charge in [-0.05, 0) is 62.0 Å². The van der Waals surface area contributed by atoms with Gasteiger partial charge in [-0.1, -0.05) is 0 Å². The molecule has 1 saturated heterocycles. The van der Waals surface area contributed by atoms with E-state index in [1.807, 2.05) is 0 Å². The molecule has 2 aliphatic rings. The topological polar surface area (TPSA) is 96.5 Å². The molecule has 0 aromatic heterocycles. The fraction of sp³-hybridized carbons (Fsp3) is 0.526. The van der Waals surface area contributed by atoms with Crippen molar-refractivity contribution in [3.8, 4) is 0 Å². The average molecular weight is 359 g/mol. The Balaban J connectivity index is 1.48. The maximum atomic E-state index is 12.4. The second kappa shape index (κ2) is 7.86. The molecular weight excluding hydrogens is 334 g/mol. The second-order valence-corrected chi connectivity index (χ2v) is 7.02. The minimum absolute atomic E-state index is 0.0715. The van der Waals surface area contributed by atoms with Gasteiger partial charge < -0.3 is 20.7 Å². The average Bonchev–Trinajstić information content (AvgIpc) is 3.35. The molecule has 1 spiro atoms. The number of hydrogen-bond acceptors (Lipinski definition) is 5. The van der Waals surface area contributed by atoms with E-state index >= 15 is 0 Å². The molecular formula is C19H25N3O4. The Morgan fingerprint density at radius 1 is 1.19 bits per heavy atom. The monoisotopic (exact) mass is 359 g/mol. The van der Waals surface area contributed by atoms with E-state index in [1.54, 1.807) is 24.3 Å². The van der Waals surface area contributed by atoms with Gasteiger partial charge in [-0.2, -0.15) is 0 Å². The number of benzene rings is 1. The van der Waals surface area contributed by atoms with Crippen LogP contribution in [0, 0.1) is 11.3 Å². The molecule has 0 bridgehead atoms. The lowest BCUT2D eigenvalue weighted by Gasteiger charge is -2.23. The number of nitrogens with one attached hydrogen (secondary N) is 3. The van der Waals surface area contributed by atoms with Gasteiger partial charge >= 0.3 is 5.97 Å². The predicted octanol–water partition coefficient (Wildman–Crippen LogP) is 1.31. The lowest BCUT2D eigenvalue weighted by atomic mass is 9.92. The third-order valence-electron chi connectivity index (χ3n) is 5.36.